The summed E-state index contributed by atoms with van der Waals surface area (Å²) in [5.74, 6) is 11.8. The number of benzene rings is 2. The van der Waals surface area contributed by atoms with Crippen LogP contribution in [0.3, 0.4) is 0 Å². The molecule has 2 aromatic rings. The van der Waals surface area contributed by atoms with Gasteiger partial charge in [-0.3, -0.25) is 4.79 Å². The smallest absolute Gasteiger partial charge is 0.244 e. The Morgan fingerprint density at radius 3 is 2.16 bits per heavy atom. The third-order valence-corrected chi connectivity index (χ3v) is 6.64. The summed E-state index contributed by atoms with van der Waals surface area (Å²) in [4.78, 5) is 12.4. The molecule has 0 spiro atoms. The van der Waals surface area contributed by atoms with Gasteiger partial charge in [-0.25, -0.2) is 8.42 Å². The molecule has 0 fully saturated rings. The maximum absolute atomic E-state index is 13.2. The fraction of sp³-hybridized carbons (Fsp3) is 0.296. The molecule has 4 nitrogen and oxygen atoms in total. The zero-order valence-corrected chi connectivity index (χ0v) is 19.9. The van der Waals surface area contributed by atoms with E-state index in [0.717, 1.165) is 11.1 Å². The van der Waals surface area contributed by atoms with E-state index in [1.54, 1.807) is 31.2 Å². The molecule has 0 N–H and O–H groups in total. The van der Waals surface area contributed by atoms with E-state index in [4.69, 9.17) is 0 Å². The molecule has 0 aliphatic heterocycles. The first-order valence-corrected chi connectivity index (χ1v) is 11.7. The fourth-order valence-electron chi connectivity index (χ4n) is 2.92. The third kappa shape index (κ3) is 6.95. The molecule has 166 valence electrons. The molecule has 0 atom stereocenters. The minimum Gasteiger partial charge on any atom is -0.294 e. The summed E-state index contributed by atoms with van der Waals surface area (Å²) in [7, 11) is -3.77. The normalized spacial score (nSPS) is 11.2. The molecule has 5 heteroatoms. The van der Waals surface area contributed by atoms with Crippen molar-refractivity contribution >= 4 is 15.8 Å². The highest BCUT2D eigenvalue weighted by Gasteiger charge is 2.27. The van der Waals surface area contributed by atoms with E-state index in [1.165, 1.54) is 4.31 Å². The summed E-state index contributed by atoms with van der Waals surface area (Å²) in [5.41, 5.74) is 1.60. The van der Waals surface area contributed by atoms with Crippen LogP contribution < -0.4 is 0 Å². The fourth-order valence-corrected chi connectivity index (χ4v) is 4.17. The molecule has 0 saturated carbocycles. The van der Waals surface area contributed by atoms with E-state index in [-0.39, 0.29) is 23.8 Å². The number of sulfonamides is 1. The van der Waals surface area contributed by atoms with Gasteiger partial charge in [-0.2, -0.15) is 4.31 Å². The molecule has 32 heavy (non-hydrogen) atoms. The molecule has 0 radical (unpaired) electrons. The Balaban J connectivity index is 2.25. The van der Waals surface area contributed by atoms with Crippen molar-refractivity contribution in [2.75, 3.05) is 13.1 Å². The number of hydrogen-bond acceptors (Lipinski definition) is 3. The van der Waals surface area contributed by atoms with Crippen LogP contribution in [0.25, 0.3) is 0 Å². The average Bonchev–Trinajstić information content (AvgIpc) is 2.75. The van der Waals surface area contributed by atoms with Crippen LogP contribution in [0, 0.1) is 36.0 Å². The topological polar surface area (TPSA) is 54.5 Å². The van der Waals surface area contributed by atoms with Gasteiger partial charge in [0.1, 0.15) is 0 Å². The average molecular weight is 448 g/mol. The molecule has 0 aliphatic rings. The van der Waals surface area contributed by atoms with Crippen molar-refractivity contribution in [2.24, 2.45) is 5.41 Å². The van der Waals surface area contributed by atoms with Gasteiger partial charge in [0, 0.05) is 17.4 Å². The van der Waals surface area contributed by atoms with Gasteiger partial charge >= 0.3 is 0 Å². The molecule has 0 heterocycles. The Kier molecular flexibility index (Phi) is 8.61. The first kappa shape index (κ1) is 25.1. The van der Waals surface area contributed by atoms with Crippen LogP contribution >= 0.6 is 0 Å². The van der Waals surface area contributed by atoms with Crippen LogP contribution in [0.1, 0.15) is 38.3 Å². The van der Waals surface area contributed by atoms with Crippen molar-refractivity contribution in [3.8, 4) is 23.7 Å². The largest absolute Gasteiger partial charge is 0.294 e. The highest BCUT2D eigenvalue weighted by Crippen LogP contribution is 2.24. The van der Waals surface area contributed by atoms with Crippen molar-refractivity contribution < 1.29 is 13.2 Å². The molecule has 0 unspecified atom stereocenters. The summed E-state index contributed by atoms with van der Waals surface area (Å²) < 4.78 is 27.7. The number of carbonyl (C=O) groups is 1. The quantitative estimate of drug-likeness (QED) is 0.460. The van der Waals surface area contributed by atoms with Gasteiger partial charge in [0.05, 0.1) is 18.0 Å². The maximum atomic E-state index is 13.2. The summed E-state index contributed by atoms with van der Waals surface area (Å²) >= 11 is 0. The molecule has 0 saturated heterocycles. The van der Waals surface area contributed by atoms with Crippen LogP contribution in [-0.4, -0.2) is 31.6 Å². The number of Topliss-reactive ketones (excluding diaryl/α,β-unsaturated/α-hetero) is 1. The first-order chi connectivity index (χ1) is 15.0. The molecule has 2 aromatic carbocycles. The number of hydrogen-bond donors (Lipinski definition) is 0. The van der Waals surface area contributed by atoms with Crippen LogP contribution in [0.5, 0.6) is 0 Å². The zero-order valence-electron chi connectivity index (χ0n) is 19.1. The summed E-state index contributed by atoms with van der Waals surface area (Å²) in [6, 6.07) is 16.1. The van der Waals surface area contributed by atoms with E-state index >= 15 is 0 Å². The Bertz CT molecular complexity index is 1190. The van der Waals surface area contributed by atoms with Crippen molar-refractivity contribution in [1.29, 1.82) is 0 Å². The Morgan fingerprint density at radius 1 is 0.969 bits per heavy atom. The predicted molar refractivity (Wildman–Crippen MR) is 129 cm³/mol. The molecule has 0 amide bonds. The highest BCUT2D eigenvalue weighted by atomic mass is 32.2. The number of nitrogens with zero attached hydrogens (tertiary/aromatic N) is 1. The van der Waals surface area contributed by atoms with Gasteiger partial charge in [0.2, 0.25) is 10.0 Å². The van der Waals surface area contributed by atoms with Crippen LogP contribution in [0.4, 0.5) is 0 Å². The summed E-state index contributed by atoms with van der Waals surface area (Å²) in [5, 5.41) is 0. The summed E-state index contributed by atoms with van der Waals surface area (Å²) in [6.45, 7) is 10.9. The van der Waals surface area contributed by atoms with Crippen molar-refractivity contribution in [3.63, 3.8) is 0 Å². The Hall–Kier alpha value is -3.12. The minimum absolute atomic E-state index is 0.00781. The minimum atomic E-state index is -3.77. The molecule has 2 rings (SSSR count). The Morgan fingerprint density at radius 2 is 1.56 bits per heavy atom. The molecule has 0 aromatic heterocycles. The number of allylic oxidation sites excluding steroid dienone is 1. The SMILES string of the molecule is C=C(C)C(=O)C(C)(C)CC#CCN(CC#Cc1ccccc1)S(=O)(=O)c1ccc(C)cc1. The number of rotatable bonds is 7. The first-order valence-electron chi connectivity index (χ1n) is 10.3. The number of carbonyl (C=O) groups excluding carboxylic acids is 1. The second kappa shape index (κ2) is 11.0. The predicted octanol–water partition coefficient (Wildman–Crippen LogP) is 4.60. The van der Waals surface area contributed by atoms with Gasteiger partial charge in [-0.1, -0.05) is 74.1 Å². The van der Waals surface area contributed by atoms with Gasteiger partial charge in [0.25, 0.3) is 0 Å². The van der Waals surface area contributed by atoms with Crippen molar-refractivity contribution in [3.05, 3.63) is 77.9 Å². The third-order valence-electron chi connectivity index (χ3n) is 4.83. The van der Waals surface area contributed by atoms with Crippen molar-refractivity contribution in [1.82, 2.24) is 4.31 Å². The van der Waals surface area contributed by atoms with Gasteiger partial charge in [0.15, 0.2) is 5.78 Å². The second-order valence-corrected chi connectivity index (χ2v) is 10.2. The van der Waals surface area contributed by atoms with Gasteiger partial charge in [-0.05, 0) is 43.7 Å². The molecule has 0 aliphatic carbocycles. The monoisotopic (exact) mass is 447 g/mol. The van der Waals surface area contributed by atoms with Crippen molar-refractivity contribution in [2.45, 2.75) is 39.0 Å². The van der Waals surface area contributed by atoms with E-state index in [1.807, 2.05) is 51.1 Å². The zero-order chi connectivity index (χ0) is 23.8. The van der Waals surface area contributed by atoms with Crippen LogP contribution in [-0.2, 0) is 14.8 Å². The van der Waals surface area contributed by atoms with Crippen LogP contribution in [0.2, 0.25) is 0 Å². The number of aryl methyl sites for hydroxylation is 1. The molecular weight excluding hydrogens is 418 g/mol. The Labute approximate surface area is 192 Å². The highest BCUT2D eigenvalue weighted by molar-refractivity contribution is 7.89. The van der Waals surface area contributed by atoms with E-state index < -0.39 is 15.4 Å². The lowest BCUT2D eigenvalue weighted by atomic mass is 9.82. The molecule has 0 bridgehead atoms. The standard InChI is InChI=1S/C27H29NO3S/c1-22(2)26(29)27(4,5)19-9-10-20-28(21-11-14-24-12-7-6-8-13-24)32(30,31)25-17-15-23(3)16-18-25/h6-8,12-13,15-18H,1,19-21H2,2-5H3. The van der Waals surface area contributed by atoms with E-state index in [0.29, 0.717) is 12.0 Å². The second-order valence-electron chi connectivity index (χ2n) is 8.28. The van der Waals surface area contributed by atoms with E-state index in [2.05, 4.69) is 30.3 Å². The summed E-state index contributed by atoms with van der Waals surface area (Å²) in [6.07, 6.45) is 0.312. The lowest BCUT2D eigenvalue weighted by Gasteiger charge is -2.20. The number of ketones is 1. The van der Waals surface area contributed by atoms with Gasteiger partial charge < -0.3 is 0 Å². The van der Waals surface area contributed by atoms with Crippen LogP contribution in [0.15, 0.2) is 71.6 Å². The maximum Gasteiger partial charge on any atom is 0.244 e. The lowest BCUT2D eigenvalue weighted by Crippen LogP contribution is -2.32. The lowest BCUT2D eigenvalue weighted by molar-refractivity contribution is -0.122. The van der Waals surface area contributed by atoms with E-state index in [9.17, 15) is 13.2 Å². The molecular formula is C27H29NO3S. The van der Waals surface area contributed by atoms with Gasteiger partial charge in [-0.15, -0.1) is 5.92 Å².